The number of benzene rings is 1. The van der Waals surface area contributed by atoms with Gasteiger partial charge in [-0.3, -0.25) is 0 Å². The number of hydrogen-bond acceptors (Lipinski definition) is 4. The second-order valence-electron chi connectivity index (χ2n) is 5.83. The first-order valence-corrected chi connectivity index (χ1v) is 8.80. The first kappa shape index (κ1) is 14.6. The second kappa shape index (κ2) is 6.28. The van der Waals surface area contributed by atoms with Gasteiger partial charge >= 0.3 is 0 Å². The normalized spacial score (nSPS) is 16.0. The van der Waals surface area contributed by atoms with Crippen molar-refractivity contribution in [1.82, 2.24) is 19.7 Å². The zero-order chi connectivity index (χ0) is 15.6. The van der Waals surface area contributed by atoms with Crippen LogP contribution < -0.4 is 0 Å². The van der Waals surface area contributed by atoms with Crippen LogP contribution in [0.2, 0.25) is 0 Å². The molecule has 0 aliphatic heterocycles. The van der Waals surface area contributed by atoms with Crippen LogP contribution in [0.3, 0.4) is 0 Å². The van der Waals surface area contributed by atoms with Crippen molar-refractivity contribution in [2.45, 2.75) is 42.4 Å². The van der Waals surface area contributed by atoms with E-state index in [0.29, 0.717) is 5.25 Å². The van der Waals surface area contributed by atoms with Crippen molar-refractivity contribution in [2.75, 3.05) is 0 Å². The molecule has 0 unspecified atom stereocenters. The van der Waals surface area contributed by atoms with Crippen LogP contribution in [0, 0.1) is 5.82 Å². The number of rotatable bonds is 3. The molecule has 0 bridgehead atoms. The molecule has 4 nitrogen and oxygen atoms in total. The molecule has 23 heavy (non-hydrogen) atoms. The highest BCUT2D eigenvalue weighted by Gasteiger charge is 2.18. The van der Waals surface area contributed by atoms with E-state index < -0.39 is 0 Å². The second-order valence-corrected chi connectivity index (χ2v) is 7.12. The fraction of sp³-hybridized carbons (Fsp3) is 0.353. The summed E-state index contributed by atoms with van der Waals surface area (Å²) in [6, 6.07) is 6.28. The molecule has 3 aromatic rings. The van der Waals surface area contributed by atoms with Crippen LogP contribution in [0.15, 0.2) is 41.8 Å². The Morgan fingerprint density at radius 1 is 1.04 bits per heavy atom. The molecule has 0 radical (unpaired) electrons. The molecular formula is C17H17FN4S. The molecule has 2 heterocycles. The van der Waals surface area contributed by atoms with E-state index in [1.165, 1.54) is 44.2 Å². The van der Waals surface area contributed by atoms with E-state index in [1.807, 2.05) is 18.0 Å². The van der Waals surface area contributed by atoms with Crippen LogP contribution in [0.25, 0.3) is 16.7 Å². The number of nitrogens with zero attached hydrogens (tertiary/aromatic N) is 4. The largest absolute Gasteiger partial charge is 0.229 e. The van der Waals surface area contributed by atoms with Crippen molar-refractivity contribution < 1.29 is 4.39 Å². The molecule has 6 heteroatoms. The van der Waals surface area contributed by atoms with Gasteiger partial charge in [0.1, 0.15) is 17.2 Å². The Kier molecular flexibility index (Phi) is 3.99. The monoisotopic (exact) mass is 328 g/mol. The van der Waals surface area contributed by atoms with Crippen LogP contribution >= 0.6 is 11.8 Å². The van der Waals surface area contributed by atoms with Crippen LogP contribution in [0.5, 0.6) is 0 Å². The van der Waals surface area contributed by atoms with Gasteiger partial charge in [0.15, 0.2) is 5.65 Å². The van der Waals surface area contributed by atoms with Crippen molar-refractivity contribution in [3.63, 3.8) is 0 Å². The van der Waals surface area contributed by atoms with Gasteiger partial charge in [0.25, 0.3) is 0 Å². The van der Waals surface area contributed by atoms with E-state index in [9.17, 15) is 4.39 Å². The average molecular weight is 328 g/mol. The van der Waals surface area contributed by atoms with E-state index >= 15 is 0 Å². The molecule has 0 spiro atoms. The fourth-order valence-corrected chi connectivity index (χ4v) is 4.29. The molecule has 0 amide bonds. The minimum atomic E-state index is -0.256. The summed E-state index contributed by atoms with van der Waals surface area (Å²) < 4.78 is 14.8. The van der Waals surface area contributed by atoms with E-state index in [-0.39, 0.29) is 5.82 Å². The summed E-state index contributed by atoms with van der Waals surface area (Å²) in [7, 11) is 0. The van der Waals surface area contributed by atoms with Crippen LogP contribution in [-0.2, 0) is 0 Å². The molecule has 1 aliphatic rings. The molecule has 1 fully saturated rings. The van der Waals surface area contributed by atoms with Gasteiger partial charge in [0.2, 0.25) is 0 Å². The van der Waals surface area contributed by atoms with Crippen molar-refractivity contribution in [1.29, 1.82) is 0 Å². The molecule has 1 saturated carbocycles. The van der Waals surface area contributed by atoms with Crippen molar-refractivity contribution in [2.24, 2.45) is 0 Å². The summed E-state index contributed by atoms with van der Waals surface area (Å²) in [5.74, 6) is -0.256. The predicted octanol–water partition coefficient (Wildman–Crippen LogP) is 4.38. The smallest absolute Gasteiger partial charge is 0.167 e. The van der Waals surface area contributed by atoms with Crippen LogP contribution in [0.1, 0.15) is 32.1 Å². The fourth-order valence-electron chi connectivity index (χ4n) is 3.03. The Morgan fingerprint density at radius 3 is 2.61 bits per heavy atom. The molecule has 0 N–H and O–H groups in total. The van der Waals surface area contributed by atoms with E-state index in [0.717, 1.165) is 21.7 Å². The summed E-state index contributed by atoms with van der Waals surface area (Å²) in [4.78, 5) is 8.84. The van der Waals surface area contributed by atoms with Gasteiger partial charge in [-0.15, -0.1) is 11.8 Å². The Hall–Kier alpha value is -1.95. The first-order chi connectivity index (χ1) is 11.3. The van der Waals surface area contributed by atoms with E-state index in [1.54, 1.807) is 23.1 Å². The Labute approximate surface area is 138 Å². The summed E-state index contributed by atoms with van der Waals surface area (Å²) in [5, 5.41) is 7.02. The van der Waals surface area contributed by atoms with Gasteiger partial charge in [-0.25, -0.2) is 19.0 Å². The molecule has 0 atom stereocenters. The predicted molar refractivity (Wildman–Crippen MR) is 89.3 cm³/mol. The molecule has 1 aliphatic carbocycles. The average Bonchev–Trinajstić information content (AvgIpc) is 3.02. The summed E-state index contributed by atoms with van der Waals surface area (Å²) in [6.07, 6.45) is 9.86. The maximum atomic E-state index is 13.1. The van der Waals surface area contributed by atoms with Gasteiger partial charge in [0.05, 0.1) is 17.3 Å². The van der Waals surface area contributed by atoms with Gasteiger partial charge in [0, 0.05) is 5.25 Å². The van der Waals surface area contributed by atoms with Crippen LogP contribution in [0.4, 0.5) is 4.39 Å². The SMILES string of the molecule is Fc1ccc(-n2ncc3c(SC4CCCCC4)ncnc32)cc1. The number of halogens is 1. The van der Waals surface area contributed by atoms with Crippen molar-refractivity contribution in [3.8, 4) is 5.69 Å². The third-order valence-electron chi connectivity index (χ3n) is 4.23. The number of thioether (sulfide) groups is 1. The van der Waals surface area contributed by atoms with Crippen molar-refractivity contribution >= 4 is 22.8 Å². The Bertz CT molecular complexity index is 809. The highest BCUT2D eigenvalue weighted by molar-refractivity contribution is 8.00. The summed E-state index contributed by atoms with van der Waals surface area (Å²) in [6.45, 7) is 0. The molecule has 4 rings (SSSR count). The Balaban J connectivity index is 1.69. The van der Waals surface area contributed by atoms with Gasteiger partial charge < -0.3 is 0 Å². The molecule has 0 saturated heterocycles. The van der Waals surface area contributed by atoms with Gasteiger partial charge in [-0.2, -0.15) is 5.10 Å². The summed E-state index contributed by atoms with van der Waals surface area (Å²) >= 11 is 1.84. The zero-order valence-corrected chi connectivity index (χ0v) is 13.5. The lowest BCUT2D eigenvalue weighted by atomic mass is 10.0. The first-order valence-electron chi connectivity index (χ1n) is 7.92. The van der Waals surface area contributed by atoms with Gasteiger partial charge in [-0.1, -0.05) is 19.3 Å². The Morgan fingerprint density at radius 2 is 1.83 bits per heavy atom. The third-order valence-corrected chi connectivity index (χ3v) is 5.58. The maximum Gasteiger partial charge on any atom is 0.167 e. The number of fused-ring (bicyclic) bond motifs is 1. The highest BCUT2D eigenvalue weighted by Crippen LogP contribution is 2.35. The minimum Gasteiger partial charge on any atom is -0.229 e. The number of aromatic nitrogens is 4. The van der Waals surface area contributed by atoms with E-state index in [4.69, 9.17) is 0 Å². The lowest BCUT2D eigenvalue weighted by Gasteiger charge is -2.20. The lowest BCUT2D eigenvalue weighted by Crippen LogP contribution is -2.08. The molecule has 2 aromatic heterocycles. The highest BCUT2D eigenvalue weighted by atomic mass is 32.2. The van der Waals surface area contributed by atoms with E-state index in [2.05, 4.69) is 15.1 Å². The topological polar surface area (TPSA) is 43.6 Å². The zero-order valence-electron chi connectivity index (χ0n) is 12.7. The summed E-state index contributed by atoms with van der Waals surface area (Å²) in [5.41, 5.74) is 1.57. The van der Waals surface area contributed by atoms with Crippen LogP contribution in [-0.4, -0.2) is 25.0 Å². The minimum absolute atomic E-state index is 0.256. The third kappa shape index (κ3) is 2.95. The lowest BCUT2D eigenvalue weighted by molar-refractivity contribution is 0.516. The standard InChI is InChI=1S/C17H17FN4S/c18-12-6-8-13(9-7-12)22-16-15(10-21-22)17(20-11-19-16)23-14-4-2-1-3-5-14/h6-11,14H,1-5H2. The quantitative estimate of drug-likeness (QED) is 0.669. The van der Waals surface area contributed by atoms with Crippen molar-refractivity contribution in [3.05, 3.63) is 42.6 Å². The maximum absolute atomic E-state index is 13.1. The molecule has 118 valence electrons. The molecule has 1 aromatic carbocycles. The molecular weight excluding hydrogens is 311 g/mol. The number of hydrogen-bond donors (Lipinski definition) is 0. The van der Waals surface area contributed by atoms with Gasteiger partial charge in [-0.05, 0) is 37.1 Å².